The Kier molecular flexibility index (Phi) is 6.91. The second-order valence-electron chi connectivity index (χ2n) is 6.86. The van der Waals surface area contributed by atoms with Crippen molar-refractivity contribution < 1.29 is 27.3 Å². The number of benzene rings is 3. The molecule has 166 valence electrons. The molecule has 1 amide bonds. The van der Waals surface area contributed by atoms with Gasteiger partial charge in [0, 0.05) is 5.56 Å². The van der Waals surface area contributed by atoms with Gasteiger partial charge in [0.15, 0.2) is 0 Å². The van der Waals surface area contributed by atoms with Gasteiger partial charge in [-0.2, -0.15) is 13.7 Å². The van der Waals surface area contributed by atoms with E-state index in [0.29, 0.717) is 0 Å². The summed E-state index contributed by atoms with van der Waals surface area (Å²) in [5, 5.41) is 21.1. The van der Waals surface area contributed by atoms with Crippen molar-refractivity contribution in [2.45, 2.75) is 11.8 Å². The second-order valence-corrected chi connectivity index (χ2v) is 8.41. The van der Waals surface area contributed by atoms with E-state index in [4.69, 9.17) is 4.18 Å². The van der Waals surface area contributed by atoms with E-state index in [2.05, 4.69) is 5.32 Å². The molecule has 3 aromatic rings. The van der Waals surface area contributed by atoms with Crippen LogP contribution in [-0.2, 0) is 14.9 Å². The van der Waals surface area contributed by atoms with Gasteiger partial charge < -0.3 is 14.6 Å². The molecule has 8 nitrogen and oxygen atoms in total. The predicted octanol–water partition coefficient (Wildman–Crippen LogP) is 4.01. The summed E-state index contributed by atoms with van der Waals surface area (Å²) in [6, 6.07) is 19.6. The monoisotopic (exact) mass is 462 g/mol. The Morgan fingerprint density at radius 2 is 1.64 bits per heavy atom. The Bertz CT molecular complexity index is 1390. The molecule has 0 unspecified atom stereocenters. The average Bonchev–Trinajstić information content (AvgIpc) is 2.78. The first-order valence-corrected chi connectivity index (χ1v) is 11.0. The third kappa shape index (κ3) is 5.64. The summed E-state index contributed by atoms with van der Waals surface area (Å²) in [6.07, 6.45) is 1.17. The molecule has 0 aliphatic carbocycles. The van der Waals surface area contributed by atoms with Gasteiger partial charge in [0.2, 0.25) is 0 Å². The molecule has 3 rings (SSSR count). The zero-order valence-electron chi connectivity index (χ0n) is 17.3. The third-order valence-corrected chi connectivity index (χ3v) is 5.75. The molecule has 0 aromatic heterocycles. The van der Waals surface area contributed by atoms with Crippen molar-refractivity contribution >= 4 is 33.8 Å². The van der Waals surface area contributed by atoms with E-state index in [1.54, 1.807) is 30.3 Å². The number of carboxylic acids is 1. The number of nitriles is 1. The van der Waals surface area contributed by atoms with E-state index in [-0.39, 0.29) is 33.0 Å². The standard InChI is InChI=1S/C24H18N2O6S/c1-16-10-12-19(13-11-16)33(30,31)32-22-9-5-2-6-17(22)14-18(15-25)23(27)26-21-8-4-3-7-20(21)24(28)29/h2-14H,1H3,(H,26,27)(H,28,29)/b18-14+. The van der Waals surface area contributed by atoms with Crippen LogP contribution in [-0.4, -0.2) is 25.4 Å². The molecule has 0 saturated heterocycles. The highest BCUT2D eigenvalue weighted by Gasteiger charge is 2.19. The van der Waals surface area contributed by atoms with Crippen LogP contribution >= 0.6 is 0 Å². The summed E-state index contributed by atoms with van der Waals surface area (Å²) >= 11 is 0. The fourth-order valence-electron chi connectivity index (χ4n) is 2.82. The average molecular weight is 462 g/mol. The number of hydrogen-bond acceptors (Lipinski definition) is 6. The molecule has 0 atom stereocenters. The molecule has 0 bridgehead atoms. The van der Waals surface area contributed by atoms with Crippen LogP contribution in [0.3, 0.4) is 0 Å². The minimum absolute atomic E-state index is 0.0163. The van der Waals surface area contributed by atoms with Gasteiger partial charge in [-0.05, 0) is 43.3 Å². The third-order valence-electron chi connectivity index (χ3n) is 4.50. The number of anilines is 1. The van der Waals surface area contributed by atoms with Crippen LogP contribution in [0, 0.1) is 18.3 Å². The maximum atomic E-state index is 12.7. The quantitative estimate of drug-likeness (QED) is 0.308. The molecule has 33 heavy (non-hydrogen) atoms. The highest BCUT2D eigenvalue weighted by atomic mass is 32.2. The summed E-state index contributed by atoms with van der Waals surface area (Å²) in [5.41, 5.74) is 0.551. The maximum Gasteiger partial charge on any atom is 0.339 e. The van der Waals surface area contributed by atoms with Crippen molar-refractivity contribution in [1.82, 2.24) is 0 Å². The van der Waals surface area contributed by atoms with Crippen LogP contribution < -0.4 is 9.50 Å². The van der Waals surface area contributed by atoms with Gasteiger partial charge in [0.05, 0.1) is 11.3 Å². The van der Waals surface area contributed by atoms with E-state index in [9.17, 15) is 28.4 Å². The highest BCUT2D eigenvalue weighted by molar-refractivity contribution is 7.87. The molecule has 0 saturated carbocycles. The van der Waals surface area contributed by atoms with Crippen molar-refractivity contribution in [3.63, 3.8) is 0 Å². The number of nitrogens with one attached hydrogen (secondary N) is 1. The molecular formula is C24H18N2O6S. The topological polar surface area (TPSA) is 134 Å². The first-order chi connectivity index (χ1) is 15.7. The normalized spacial score (nSPS) is 11.3. The second kappa shape index (κ2) is 9.80. The predicted molar refractivity (Wildman–Crippen MR) is 121 cm³/mol. The number of aromatic carboxylic acids is 1. The fraction of sp³-hybridized carbons (Fsp3) is 0.0417. The Labute approximate surface area is 190 Å². The Hall–Kier alpha value is -4.42. The lowest BCUT2D eigenvalue weighted by Crippen LogP contribution is -2.16. The zero-order valence-corrected chi connectivity index (χ0v) is 18.2. The molecule has 0 aliphatic heterocycles. The number of nitrogens with zero attached hydrogens (tertiary/aromatic N) is 1. The number of carbonyl (C=O) groups is 2. The Balaban J connectivity index is 1.91. The number of hydrogen-bond donors (Lipinski definition) is 2. The first-order valence-electron chi connectivity index (χ1n) is 9.57. The van der Waals surface area contributed by atoms with Gasteiger partial charge in [-0.15, -0.1) is 0 Å². The summed E-state index contributed by atoms with van der Waals surface area (Å²) in [5.74, 6) is -2.18. The van der Waals surface area contributed by atoms with Gasteiger partial charge in [-0.3, -0.25) is 4.79 Å². The molecule has 0 spiro atoms. The van der Waals surface area contributed by atoms with Crippen molar-refractivity contribution in [2.75, 3.05) is 5.32 Å². The van der Waals surface area contributed by atoms with E-state index in [1.165, 1.54) is 54.6 Å². The highest BCUT2D eigenvalue weighted by Crippen LogP contribution is 2.26. The van der Waals surface area contributed by atoms with Crippen molar-refractivity contribution in [3.8, 4) is 11.8 Å². The smallest absolute Gasteiger partial charge is 0.339 e. The van der Waals surface area contributed by atoms with E-state index in [0.717, 1.165) is 5.56 Å². The van der Waals surface area contributed by atoms with Crippen LogP contribution in [0.4, 0.5) is 5.69 Å². The summed E-state index contributed by atoms with van der Waals surface area (Å²) in [6.45, 7) is 1.82. The van der Waals surface area contributed by atoms with Gasteiger partial charge in [0.25, 0.3) is 5.91 Å². The van der Waals surface area contributed by atoms with E-state index >= 15 is 0 Å². The van der Waals surface area contributed by atoms with Crippen LogP contribution in [0.25, 0.3) is 6.08 Å². The van der Waals surface area contributed by atoms with Crippen molar-refractivity contribution in [1.29, 1.82) is 5.26 Å². The number of carboxylic acid groups (broad SMARTS) is 1. The molecule has 0 heterocycles. The van der Waals surface area contributed by atoms with Crippen LogP contribution in [0.15, 0.2) is 83.3 Å². The molecule has 2 N–H and O–H groups in total. The van der Waals surface area contributed by atoms with Crippen LogP contribution in [0.5, 0.6) is 5.75 Å². The zero-order chi connectivity index (χ0) is 24.0. The molecule has 9 heteroatoms. The summed E-state index contributed by atoms with van der Waals surface area (Å²) in [4.78, 5) is 23.9. The lowest BCUT2D eigenvalue weighted by Gasteiger charge is -2.11. The number of para-hydroxylation sites is 2. The summed E-state index contributed by atoms with van der Waals surface area (Å²) in [7, 11) is -4.16. The number of rotatable bonds is 7. The van der Waals surface area contributed by atoms with Crippen LogP contribution in [0.2, 0.25) is 0 Å². The van der Waals surface area contributed by atoms with Gasteiger partial charge in [-0.1, -0.05) is 48.0 Å². The Morgan fingerprint density at radius 1 is 1.00 bits per heavy atom. The molecular weight excluding hydrogens is 444 g/mol. The lowest BCUT2D eigenvalue weighted by molar-refractivity contribution is -0.112. The molecule has 0 fully saturated rings. The first kappa shape index (κ1) is 23.2. The fourth-order valence-corrected chi connectivity index (χ4v) is 3.77. The molecule has 3 aromatic carbocycles. The van der Waals surface area contributed by atoms with Gasteiger partial charge >= 0.3 is 16.1 Å². The number of aryl methyl sites for hydroxylation is 1. The van der Waals surface area contributed by atoms with E-state index < -0.39 is 22.0 Å². The number of carbonyl (C=O) groups excluding carboxylic acids is 1. The van der Waals surface area contributed by atoms with Crippen molar-refractivity contribution in [2.24, 2.45) is 0 Å². The van der Waals surface area contributed by atoms with Crippen LogP contribution in [0.1, 0.15) is 21.5 Å². The lowest BCUT2D eigenvalue weighted by atomic mass is 10.1. The minimum atomic E-state index is -4.16. The van der Waals surface area contributed by atoms with Crippen molar-refractivity contribution in [3.05, 3.63) is 95.1 Å². The Morgan fingerprint density at radius 3 is 2.30 bits per heavy atom. The molecule has 0 radical (unpaired) electrons. The SMILES string of the molecule is Cc1ccc(S(=O)(=O)Oc2ccccc2/C=C(\C#N)C(=O)Nc2ccccc2C(=O)O)cc1. The molecule has 0 aliphatic rings. The minimum Gasteiger partial charge on any atom is -0.478 e. The van der Waals surface area contributed by atoms with E-state index in [1.807, 2.05) is 6.92 Å². The number of amides is 1. The maximum absolute atomic E-state index is 12.7. The summed E-state index contributed by atoms with van der Waals surface area (Å²) < 4.78 is 30.6. The largest absolute Gasteiger partial charge is 0.478 e. The van der Waals surface area contributed by atoms with Gasteiger partial charge in [-0.25, -0.2) is 4.79 Å². The van der Waals surface area contributed by atoms with Gasteiger partial charge in [0.1, 0.15) is 22.3 Å².